The highest BCUT2D eigenvalue weighted by Gasteiger charge is 2.13. The van der Waals surface area contributed by atoms with Gasteiger partial charge in [-0.05, 0) is 18.2 Å². The van der Waals surface area contributed by atoms with Crippen LogP contribution in [0.3, 0.4) is 0 Å². The summed E-state index contributed by atoms with van der Waals surface area (Å²) in [6, 6.07) is 6.70. The second kappa shape index (κ2) is 6.60. The van der Waals surface area contributed by atoms with E-state index < -0.39 is 0 Å². The lowest BCUT2D eigenvalue weighted by Crippen LogP contribution is -2.06. The second-order valence-electron chi connectivity index (χ2n) is 4.39. The SMILES string of the molecule is CN(C)C=O.COC(=O)c1cc2ccc(O)cc2n1C. The van der Waals surface area contributed by atoms with Crippen LogP contribution >= 0.6 is 0 Å². The molecule has 0 saturated carbocycles. The van der Waals surface area contributed by atoms with Crippen molar-refractivity contribution in [1.82, 2.24) is 9.47 Å². The molecule has 0 aliphatic heterocycles. The fraction of sp³-hybridized carbons (Fsp3) is 0.286. The van der Waals surface area contributed by atoms with Crippen molar-refractivity contribution in [2.45, 2.75) is 0 Å². The molecule has 0 aliphatic rings. The number of aryl methyl sites for hydroxylation is 1. The number of nitrogens with zero attached hydrogens (tertiary/aromatic N) is 2. The van der Waals surface area contributed by atoms with E-state index in [-0.39, 0.29) is 11.7 Å². The fourth-order valence-electron chi connectivity index (χ4n) is 1.62. The maximum absolute atomic E-state index is 11.4. The molecule has 1 heterocycles. The molecular formula is C14H18N2O4. The number of benzene rings is 1. The average molecular weight is 278 g/mol. The Labute approximate surface area is 117 Å². The first kappa shape index (κ1) is 15.6. The van der Waals surface area contributed by atoms with E-state index in [0.717, 1.165) is 17.3 Å². The molecule has 108 valence electrons. The molecule has 2 aromatic rings. The van der Waals surface area contributed by atoms with E-state index in [1.54, 1.807) is 50.0 Å². The molecule has 6 heteroatoms. The Hall–Kier alpha value is -2.50. The number of carbonyl (C=O) groups is 2. The van der Waals surface area contributed by atoms with Crippen molar-refractivity contribution in [3.8, 4) is 5.75 Å². The van der Waals surface area contributed by atoms with E-state index in [9.17, 15) is 14.7 Å². The van der Waals surface area contributed by atoms with Crippen molar-refractivity contribution in [3.05, 3.63) is 30.0 Å². The summed E-state index contributed by atoms with van der Waals surface area (Å²) < 4.78 is 6.35. The van der Waals surface area contributed by atoms with Gasteiger partial charge in [-0.3, -0.25) is 4.79 Å². The number of hydrogen-bond acceptors (Lipinski definition) is 4. The van der Waals surface area contributed by atoms with Gasteiger partial charge in [-0.1, -0.05) is 0 Å². The molecule has 1 N–H and O–H groups in total. The highest BCUT2D eigenvalue weighted by atomic mass is 16.5. The standard InChI is InChI=1S/C11H11NO3.C3H7NO/c1-12-9-6-8(13)4-3-7(9)5-10(12)11(14)15-2;1-4(2)3-5/h3-6,13H,1-2H3;3H,1-2H3. The number of rotatable bonds is 2. The van der Waals surface area contributed by atoms with Crippen LogP contribution in [0.1, 0.15) is 10.5 Å². The quantitative estimate of drug-likeness (QED) is 0.665. The zero-order valence-corrected chi connectivity index (χ0v) is 12.0. The first-order chi connectivity index (χ1) is 9.40. The summed E-state index contributed by atoms with van der Waals surface area (Å²) in [6.45, 7) is 0. The van der Waals surface area contributed by atoms with Crippen molar-refractivity contribution in [2.75, 3.05) is 21.2 Å². The van der Waals surface area contributed by atoms with E-state index in [1.807, 2.05) is 0 Å². The van der Waals surface area contributed by atoms with Crippen LogP contribution in [-0.2, 0) is 16.6 Å². The fourth-order valence-corrected chi connectivity index (χ4v) is 1.62. The van der Waals surface area contributed by atoms with Crippen LogP contribution in [0.15, 0.2) is 24.3 Å². The normalized spacial score (nSPS) is 9.60. The van der Waals surface area contributed by atoms with Crippen LogP contribution in [0.2, 0.25) is 0 Å². The zero-order valence-electron chi connectivity index (χ0n) is 12.0. The molecule has 2 rings (SSSR count). The summed E-state index contributed by atoms with van der Waals surface area (Å²) in [5.41, 5.74) is 1.27. The van der Waals surface area contributed by atoms with Crippen molar-refractivity contribution in [3.63, 3.8) is 0 Å². The molecule has 0 bridgehead atoms. The van der Waals surface area contributed by atoms with Crippen molar-refractivity contribution in [1.29, 1.82) is 0 Å². The molecule has 20 heavy (non-hydrogen) atoms. The predicted molar refractivity (Wildman–Crippen MR) is 75.7 cm³/mol. The first-order valence-electron chi connectivity index (χ1n) is 5.89. The molecule has 0 aliphatic carbocycles. The van der Waals surface area contributed by atoms with Gasteiger partial charge >= 0.3 is 5.97 Å². The lowest BCUT2D eigenvalue weighted by Gasteiger charge is -2.01. The molecular weight excluding hydrogens is 260 g/mol. The summed E-state index contributed by atoms with van der Waals surface area (Å²) >= 11 is 0. The van der Waals surface area contributed by atoms with Crippen LogP contribution in [0.25, 0.3) is 10.9 Å². The van der Waals surface area contributed by atoms with Gasteiger partial charge in [0.05, 0.1) is 12.6 Å². The Bertz CT molecular complexity index is 617. The van der Waals surface area contributed by atoms with Gasteiger partial charge in [-0.2, -0.15) is 0 Å². The van der Waals surface area contributed by atoms with Gasteiger partial charge in [-0.25, -0.2) is 4.79 Å². The van der Waals surface area contributed by atoms with E-state index in [1.165, 1.54) is 12.0 Å². The maximum Gasteiger partial charge on any atom is 0.354 e. The van der Waals surface area contributed by atoms with Crippen molar-refractivity contribution >= 4 is 23.3 Å². The average Bonchev–Trinajstić information content (AvgIpc) is 2.76. The molecule has 1 aromatic carbocycles. The minimum absolute atomic E-state index is 0.181. The number of carbonyl (C=O) groups excluding carboxylic acids is 2. The Morgan fingerprint density at radius 2 is 1.95 bits per heavy atom. The maximum atomic E-state index is 11.4. The van der Waals surface area contributed by atoms with Gasteiger partial charge in [0, 0.05) is 32.6 Å². The van der Waals surface area contributed by atoms with E-state index in [2.05, 4.69) is 4.74 Å². The van der Waals surface area contributed by atoms with E-state index in [0.29, 0.717) is 5.69 Å². The van der Waals surface area contributed by atoms with Crippen LogP contribution in [0.5, 0.6) is 5.75 Å². The number of aromatic hydroxyl groups is 1. The highest BCUT2D eigenvalue weighted by Crippen LogP contribution is 2.23. The van der Waals surface area contributed by atoms with Gasteiger partial charge in [0.1, 0.15) is 11.4 Å². The molecule has 0 radical (unpaired) electrons. The van der Waals surface area contributed by atoms with Gasteiger partial charge in [0.15, 0.2) is 0 Å². The molecule has 0 atom stereocenters. The Balaban J connectivity index is 0.000000347. The molecule has 1 amide bonds. The monoisotopic (exact) mass is 278 g/mol. The van der Waals surface area contributed by atoms with Crippen LogP contribution < -0.4 is 0 Å². The molecule has 0 spiro atoms. The van der Waals surface area contributed by atoms with Gasteiger partial charge in [0.2, 0.25) is 6.41 Å². The highest BCUT2D eigenvalue weighted by molar-refractivity contribution is 5.95. The zero-order chi connectivity index (χ0) is 15.3. The molecule has 6 nitrogen and oxygen atoms in total. The van der Waals surface area contributed by atoms with Gasteiger partial charge in [-0.15, -0.1) is 0 Å². The third-order valence-corrected chi connectivity index (χ3v) is 2.63. The third kappa shape index (κ3) is 3.50. The van der Waals surface area contributed by atoms with Crippen LogP contribution in [0, 0.1) is 0 Å². The number of fused-ring (bicyclic) bond motifs is 1. The number of methoxy groups -OCH3 is 1. The number of phenolic OH excluding ortho intramolecular Hbond substituents is 1. The summed E-state index contributed by atoms with van der Waals surface area (Å²) in [4.78, 5) is 22.3. The van der Waals surface area contributed by atoms with Crippen LogP contribution in [0.4, 0.5) is 0 Å². The number of amides is 1. The summed E-state index contributed by atoms with van der Waals surface area (Å²) in [6.07, 6.45) is 0.750. The molecule has 0 unspecified atom stereocenters. The smallest absolute Gasteiger partial charge is 0.354 e. The van der Waals surface area contributed by atoms with E-state index >= 15 is 0 Å². The summed E-state index contributed by atoms with van der Waals surface area (Å²) in [7, 11) is 6.48. The molecule has 1 aromatic heterocycles. The Morgan fingerprint density at radius 3 is 2.45 bits per heavy atom. The summed E-state index contributed by atoms with van der Waals surface area (Å²) in [5.74, 6) is -0.201. The number of hydrogen-bond donors (Lipinski definition) is 1. The predicted octanol–water partition coefficient (Wildman–Crippen LogP) is 1.37. The first-order valence-corrected chi connectivity index (χ1v) is 5.89. The number of aromatic nitrogens is 1. The minimum atomic E-state index is -0.381. The second-order valence-corrected chi connectivity index (χ2v) is 4.39. The summed E-state index contributed by atoms with van der Waals surface area (Å²) in [5, 5.41) is 10.2. The largest absolute Gasteiger partial charge is 0.508 e. The van der Waals surface area contributed by atoms with E-state index in [4.69, 9.17) is 0 Å². The molecule has 0 saturated heterocycles. The molecule has 0 fully saturated rings. The Morgan fingerprint density at radius 1 is 1.35 bits per heavy atom. The number of ether oxygens (including phenoxy) is 1. The third-order valence-electron chi connectivity index (χ3n) is 2.63. The van der Waals surface area contributed by atoms with Crippen molar-refractivity contribution in [2.24, 2.45) is 7.05 Å². The Kier molecular flexibility index (Phi) is 5.14. The lowest BCUT2D eigenvalue weighted by molar-refractivity contribution is -0.115. The minimum Gasteiger partial charge on any atom is -0.508 e. The number of esters is 1. The van der Waals surface area contributed by atoms with Gasteiger partial charge < -0.3 is 19.3 Å². The lowest BCUT2D eigenvalue weighted by atomic mass is 10.2. The number of phenols is 1. The topological polar surface area (TPSA) is 71.8 Å². The van der Waals surface area contributed by atoms with Gasteiger partial charge in [0.25, 0.3) is 0 Å². The van der Waals surface area contributed by atoms with Crippen molar-refractivity contribution < 1.29 is 19.4 Å². The van der Waals surface area contributed by atoms with Crippen LogP contribution in [-0.4, -0.2) is 48.2 Å².